The molecular weight excluding hydrogens is 384 g/mol. The monoisotopic (exact) mass is 400 g/mol. The first-order valence-corrected chi connectivity index (χ1v) is 8.77. The Morgan fingerprint density at radius 2 is 2.04 bits per heavy atom. The summed E-state index contributed by atoms with van der Waals surface area (Å²) in [4.78, 5) is 34.5. The summed E-state index contributed by atoms with van der Waals surface area (Å²) in [5.74, 6) is -0.641. The average Bonchev–Trinajstić information content (AvgIpc) is 2.46. The van der Waals surface area contributed by atoms with Crippen molar-refractivity contribution < 1.29 is 14.4 Å². The lowest BCUT2D eigenvalue weighted by Gasteiger charge is -2.30. The van der Waals surface area contributed by atoms with E-state index in [1.54, 1.807) is 12.1 Å². The number of hydrogen-bond donors (Lipinski definition) is 4. The molecule has 1 heterocycles. The molecule has 9 heteroatoms. The molecule has 0 aliphatic carbocycles. The minimum Gasteiger partial charge on any atom is -0.370 e. The van der Waals surface area contributed by atoms with Crippen LogP contribution in [0, 0.1) is 0 Å². The van der Waals surface area contributed by atoms with Crippen LogP contribution in [-0.4, -0.2) is 35.0 Å². The van der Waals surface area contributed by atoms with Gasteiger partial charge >= 0.3 is 0 Å². The fourth-order valence-corrected chi connectivity index (χ4v) is 3.25. The zero-order chi connectivity index (χ0) is 16.8. The molecule has 1 fully saturated rings. The molecule has 2 atom stereocenters. The van der Waals surface area contributed by atoms with Crippen molar-refractivity contribution in [1.29, 1.82) is 0 Å². The van der Waals surface area contributed by atoms with Gasteiger partial charge in [-0.05, 0) is 24.3 Å². The highest BCUT2D eigenvalue weighted by Gasteiger charge is 2.27. The zero-order valence-corrected chi connectivity index (χ0v) is 14.6. The third-order valence-electron chi connectivity index (χ3n) is 3.07. The summed E-state index contributed by atoms with van der Waals surface area (Å²) in [5.41, 5.74) is 5.43. The van der Waals surface area contributed by atoms with Gasteiger partial charge in [0.25, 0.3) is 0 Å². The Morgan fingerprint density at radius 1 is 1.35 bits per heavy atom. The number of amides is 3. The number of rotatable bonds is 6. The third kappa shape index (κ3) is 6.20. The number of carbonyl (C=O) groups is 3. The van der Waals surface area contributed by atoms with Crippen molar-refractivity contribution >= 4 is 51.1 Å². The van der Waals surface area contributed by atoms with Crippen molar-refractivity contribution in [3.05, 3.63) is 28.7 Å². The Labute approximate surface area is 146 Å². The second-order valence-electron chi connectivity index (χ2n) is 5.05. The Kier molecular flexibility index (Phi) is 6.43. The van der Waals surface area contributed by atoms with Gasteiger partial charge in [0, 0.05) is 29.0 Å². The number of nitrogens with two attached hydrogens (primary N) is 1. The number of anilines is 1. The molecule has 0 spiro atoms. The van der Waals surface area contributed by atoms with Crippen LogP contribution in [-0.2, 0) is 14.4 Å². The Hall–Kier alpha value is -1.58. The van der Waals surface area contributed by atoms with Gasteiger partial charge in [-0.1, -0.05) is 15.9 Å². The molecule has 0 bridgehead atoms. The quantitative estimate of drug-likeness (QED) is 0.562. The molecule has 1 aliphatic heterocycles. The molecule has 5 N–H and O–H groups in total. The molecule has 0 saturated carbocycles. The number of nitrogens with one attached hydrogen (secondary N) is 3. The predicted octanol–water partition coefficient (Wildman–Crippen LogP) is 0.758. The lowest BCUT2D eigenvalue weighted by atomic mass is 10.1. The maximum atomic E-state index is 11.9. The van der Waals surface area contributed by atoms with E-state index >= 15 is 0 Å². The molecule has 23 heavy (non-hydrogen) atoms. The highest BCUT2D eigenvalue weighted by Crippen LogP contribution is 2.16. The lowest BCUT2D eigenvalue weighted by molar-refractivity contribution is -0.124. The molecule has 1 aliphatic rings. The second kappa shape index (κ2) is 8.32. The molecular formula is C14H17BrN4O3S. The Bertz CT molecular complexity index is 594. The molecule has 124 valence electrons. The smallest absolute Gasteiger partial charge is 0.234 e. The Balaban J connectivity index is 1.79. The van der Waals surface area contributed by atoms with Crippen molar-refractivity contribution in [3.63, 3.8) is 0 Å². The fourth-order valence-electron chi connectivity index (χ4n) is 2.10. The van der Waals surface area contributed by atoms with E-state index in [1.807, 2.05) is 12.1 Å². The van der Waals surface area contributed by atoms with Gasteiger partial charge in [-0.2, -0.15) is 0 Å². The number of halogens is 1. The van der Waals surface area contributed by atoms with Crippen LogP contribution in [0.2, 0.25) is 0 Å². The third-order valence-corrected chi connectivity index (χ3v) is 4.61. The van der Waals surface area contributed by atoms with Gasteiger partial charge in [0.2, 0.25) is 17.7 Å². The molecule has 1 aromatic carbocycles. The highest BCUT2D eigenvalue weighted by molar-refractivity contribution is 9.10. The molecule has 0 aromatic heterocycles. The van der Waals surface area contributed by atoms with Crippen molar-refractivity contribution in [2.24, 2.45) is 5.73 Å². The van der Waals surface area contributed by atoms with Gasteiger partial charge in [0.1, 0.15) is 5.50 Å². The molecule has 1 saturated heterocycles. The molecule has 7 nitrogen and oxygen atoms in total. The van der Waals surface area contributed by atoms with Crippen molar-refractivity contribution in [2.75, 3.05) is 11.1 Å². The number of benzene rings is 1. The molecule has 1 aromatic rings. The summed E-state index contributed by atoms with van der Waals surface area (Å²) in [5, 5.41) is 8.57. The molecule has 2 rings (SSSR count). The highest BCUT2D eigenvalue weighted by atomic mass is 79.9. The number of carbonyl (C=O) groups excluding carboxylic acids is 3. The summed E-state index contributed by atoms with van der Waals surface area (Å²) in [6.07, 6.45) is 0.292. The van der Waals surface area contributed by atoms with Gasteiger partial charge in [0.15, 0.2) is 0 Å². The van der Waals surface area contributed by atoms with Gasteiger partial charge in [-0.25, -0.2) is 0 Å². The van der Waals surface area contributed by atoms with E-state index < -0.39 is 11.4 Å². The minimum atomic E-state index is -0.464. The molecule has 2 unspecified atom stereocenters. The van der Waals surface area contributed by atoms with E-state index in [9.17, 15) is 14.4 Å². The maximum absolute atomic E-state index is 11.9. The SMILES string of the molecule is NC(=O)CC1CC(=O)NC(SCC(=O)Nc2ccc(Br)cc2)N1. The van der Waals surface area contributed by atoms with E-state index in [0.29, 0.717) is 5.69 Å². The summed E-state index contributed by atoms with van der Waals surface area (Å²) < 4.78 is 0.930. The van der Waals surface area contributed by atoms with Crippen LogP contribution in [0.15, 0.2) is 28.7 Å². The van der Waals surface area contributed by atoms with E-state index in [2.05, 4.69) is 31.9 Å². The number of primary amides is 1. The van der Waals surface area contributed by atoms with Crippen LogP contribution in [0.4, 0.5) is 5.69 Å². The molecule has 3 amide bonds. The normalized spacial score (nSPS) is 20.7. The molecule has 0 radical (unpaired) electrons. The maximum Gasteiger partial charge on any atom is 0.234 e. The van der Waals surface area contributed by atoms with E-state index in [1.165, 1.54) is 11.8 Å². The summed E-state index contributed by atoms with van der Waals surface area (Å²) in [7, 11) is 0. The van der Waals surface area contributed by atoms with E-state index in [4.69, 9.17) is 5.73 Å². The van der Waals surface area contributed by atoms with Crippen LogP contribution < -0.4 is 21.7 Å². The minimum absolute atomic E-state index is 0.0928. The van der Waals surface area contributed by atoms with Crippen LogP contribution in [0.3, 0.4) is 0 Å². The van der Waals surface area contributed by atoms with Gasteiger partial charge in [-0.15, -0.1) is 11.8 Å². The number of hydrogen-bond acceptors (Lipinski definition) is 5. The second-order valence-corrected chi connectivity index (χ2v) is 7.06. The number of thioether (sulfide) groups is 1. The first-order chi connectivity index (χ1) is 10.9. The van der Waals surface area contributed by atoms with Crippen LogP contribution in [0.5, 0.6) is 0 Å². The fraction of sp³-hybridized carbons (Fsp3) is 0.357. The van der Waals surface area contributed by atoms with Crippen molar-refractivity contribution in [1.82, 2.24) is 10.6 Å². The first kappa shape index (κ1) is 17.8. The van der Waals surface area contributed by atoms with E-state index in [-0.39, 0.29) is 36.5 Å². The lowest BCUT2D eigenvalue weighted by Crippen LogP contribution is -2.55. The summed E-state index contributed by atoms with van der Waals surface area (Å²) in [6.45, 7) is 0. The van der Waals surface area contributed by atoms with Crippen molar-refractivity contribution in [3.8, 4) is 0 Å². The van der Waals surface area contributed by atoms with Crippen molar-refractivity contribution in [2.45, 2.75) is 24.4 Å². The summed E-state index contributed by atoms with van der Waals surface area (Å²) >= 11 is 4.57. The largest absolute Gasteiger partial charge is 0.370 e. The zero-order valence-electron chi connectivity index (χ0n) is 12.2. The van der Waals surface area contributed by atoms with Gasteiger partial charge in [-0.3, -0.25) is 19.7 Å². The van der Waals surface area contributed by atoms with Gasteiger partial charge in [0.05, 0.1) is 5.75 Å². The predicted molar refractivity (Wildman–Crippen MR) is 92.5 cm³/mol. The summed E-state index contributed by atoms with van der Waals surface area (Å²) in [6, 6.07) is 6.94. The topological polar surface area (TPSA) is 113 Å². The van der Waals surface area contributed by atoms with Crippen LogP contribution in [0.1, 0.15) is 12.8 Å². The average molecular weight is 401 g/mol. The Morgan fingerprint density at radius 3 is 2.70 bits per heavy atom. The van der Waals surface area contributed by atoms with E-state index in [0.717, 1.165) is 4.47 Å². The first-order valence-electron chi connectivity index (χ1n) is 6.93. The van der Waals surface area contributed by atoms with Gasteiger partial charge < -0.3 is 16.4 Å². The standard InChI is InChI=1S/C14H17BrN4O3S/c15-8-1-3-9(4-2-8)17-13(22)7-23-14-18-10(5-11(16)20)6-12(21)19-14/h1-4,10,14,18H,5-7H2,(H2,16,20)(H,17,22)(H,19,21). The van der Waals surface area contributed by atoms with Crippen LogP contribution in [0.25, 0.3) is 0 Å². The van der Waals surface area contributed by atoms with Crippen LogP contribution >= 0.6 is 27.7 Å².